The summed E-state index contributed by atoms with van der Waals surface area (Å²) in [6.07, 6.45) is 2.48. The number of pyridine rings is 1. The number of rotatable bonds is 5. The minimum absolute atomic E-state index is 0.253. The maximum absolute atomic E-state index is 12.6. The van der Waals surface area contributed by atoms with Crippen LogP contribution < -0.4 is 10.6 Å². The second kappa shape index (κ2) is 8.10. The summed E-state index contributed by atoms with van der Waals surface area (Å²) in [4.78, 5) is 12.8. The molecule has 0 atom stereocenters. The number of nitrogens with one attached hydrogen (secondary N) is 2. The lowest BCUT2D eigenvalue weighted by Gasteiger charge is -2.24. The van der Waals surface area contributed by atoms with E-state index in [-0.39, 0.29) is 6.54 Å². The quantitative estimate of drug-likeness (QED) is 0.776. The van der Waals surface area contributed by atoms with Gasteiger partial charge in [0.05, 0.1) is 17.8 Å². The average Bonchev–Trinajstić information content (AvgIpc) is 2.64. The van der Waals surface area contributed by atoms with E-state index in [9.17, 15) is 13.2 Å². The smallest absolute Gasteiger partial charge is 0.367 e. The van der Waals surface area contributed by atoms with E-state index < -0.39 is 11.7 Å². The van der Waals surface area contributed by atoms with Crippen LogP contribution in [0, 0.1) is 13.8 Å². The van der Waals surface area contributed by atoms with E-state index in [2.05, 4.69) is 25.6 Å². The van der Waals surface area contributed by atoms with Crippen molar-refractivity contribution < 1.29 is 13.2 Å². The number of anilines is 2. The summed E-state index contributed by atoms with van der Waals surface area (Å²) in [5.41, 5.74) is 1.62. The van der Waals surface area contributed by atoms with Crippen LogP contribution in [0.4, 0.5) is 24.9 Å². The van der Waals surface area contributed by atoms with Crippen LogP contribution in [0.25, 0.3) is 0 Å². The molecule has 2 aromatic heterocycles. The summed E-state index contributed by atoms with van der Waals surface area (Å²) < 4.78 is 37.8. The highest BCUT2D eigenvalue weighted by Gasteiger charge is 2.30. The van der Waals surface area contributed by atoms with Crippen molar-refractivity contribution in [2.24, 2.45) is 0 Å². The second-order valence-corrected chi connectivity index (χ2v) is 6.98. The molecular formula is C19H24F3N5. The van der Waals surface area contributed by atoms with Crippen molar-refractivity contribution in [1.29, 1.82) is 0 Å². The third-order valence-corrected chi connectivity index (χ3v) is 4.91. The molecular weight excluding hydrogens is 355 g/mol. The molecule has 0 amide bonds. The van der Waals surface area contributed by atoms with E-state index in [4.69, 9.17) is 0 Å². The zero-order valence-corrected chi connectivity index (χ0v) is 15.5. The highest BCUT2D eigenvalue weighted by Crippen LogP contribution is 2.28. The number of alkyl halides is 3. The standard InChI is InChI=1S/C19H24F3N5/c1-12-13(2)25-18(27-17(12)26-15-6-4-3-5-7-15)24-11-16-9-8-14(10-23-16)19(20,21)22/h8-10,15H,3-7,11H2,1-2H3,(H2,24,25,26,27). The van der Waals surface area contributed by atoms with Crippen LogP contribution in [0.15, 0.2) is 18.3 Å². The Morgan fingerprint density at radius 2 is 1.81 bits per heavy atom. The molecule has 1 aliphatic carbocycles. The molecule has 0 radical (unpaired) electrons. The topological polar surface area (TPSA) is 62.7 Å². The predicted molar refractivity (Wildman–Crippen MR) is 98.6 cm³/mol. The van der Waals surface area contributed by atoms with Crippen LogP contribution in [-0.2, 0) is 12.7 Å². The summed E-state index contributed by atoms with van der Waals surface area (Å²) in [7, 11) is 0. The molecule has 0 aromatic carbocycles. The van der Waals surface area contributed by atoms with E-state index in [1.807, 2.05) is 13.8 Å². The normalized spacial score (nSPS) is 15.6. The predicted octanol–water partition coefficient (Wildman–Crippen LogP) is 4.86. The van der Waals surface area contributed by atoms with Gasteiger partial charge < -0.3 is 10.6 Å². The number of aryl methyl sites for hydroxylation is 1. The summed E-state index contributed by atoms with van der Waals surface area (Å²) >= 11 is 0. The zero-order chi connectivity index (χ0) is 19.4. The largest absolute Gasteiger partial charge is 0.417 e. The van der Waals surface area contributed by atoms with Gasteiger partial charge in [0.25, 0.3) is 0 Å². The highest BCUT2D eigenvalue weighted by atomic mass is 19.4. The van der Waals surface area contributed by atoms with Crippen molar-refractivity contribution in [3.63, 3.8) is 0 Å². The number of hydrogen-bond acceptors (Lipinski definition) is 5. The van der Waals surface area contributed by atoms with Crippen LogP contribution in [-0.4, -0.2) is 21.0 Å². The number of halogens is 3. The fourth-order valence-electron chi connectivity index (χ4n) is 3.16. The lowest BCUT2D eigenvalue weighted by atomic mass is 9.95. The van der Waals surface area contributed by atoms with Gasteiger partial charge in [0.15, 0.2) is 0 Å². The molecule has 2 aromatic rings. The van der Waals surface area contributed by atoms with E-state index in [0.717, 1.165) is 42.2 Å². The molecule has 27 heavy (non-hydrogen) atoms. The number of aromatic nitrogens is 3. The lowest BCUT2D eigenvalue weighted by Crippen LogP contribution is -2.24. The van der Waals surface area contributed by atoms with Crippen molar-refractivity contribution in [2.75, 3.05) is 10.6 Å². The van der Waals surface area contributed by atoms with Gasteiger partial charge in [0, 0.05) is 23.5 Å². The molecule has 2 N–H and O–H groups in total. The Morgan fingerprint density at radius 3 is 2.44 bits per heavy atom. The third-order valence-electron chi connectivity index (χ3n) is 4.91. The summed E-state index contributed by atoms with van der Waals surface area (Å²) in [5.74, 6) is 1.26. The summed E-state index contributed by atoms with van der Waals surface area (Å²) in [5, 5.41) is 6.58. The van der Waals surface area contributed by atoms with E-state index in [1.54, 1.807) is 0 Å². The summed E-state index contributed by atoms with van der Waals surface area (Å²) in [6.45, 7) is 4.16. The molecule has 5 nitrogen and oxygen atoms in total. The van der Waals surface area contributed by atoms with Crippen LogP contribution in [0.5, 0.6) is 0 Å². The molecule has 8 heteroatoms. The first-order chi connectivity index (χ1) is 12.8. The van der Waals surface area contributed by atoms with Crippen molar-refractivity contribution in [2.45, 2.75) is 64.7 Å². The van der Waals surface area contributed by atoms with Gasteiger partial charge >= 0.3 is 6.18 Å². The van der Waals surface area contributed by atoms with Crippen LogP contribution in [0.1, 0.15) is 54.6 Å². The molecule has 2 heterocycles. The third kappa shape index (κ3) is 5.08. The van der Waals surface area contributed by atoms with Crippen molar-refractivity contribution in [3.05, 3.63) is 40.8 Å². The van der Waals surface area contributed by atoms with Crippen LogP contribution in [0.2, 0.25) is 0 Å². The van der Waals surface area contributed by atoms with Crippen LogP contribution >= 0.6 is 0 Å². The highest BCUT2D eigenvalue weighted by molar-refractivity contribution is 5.50. The van der Waals surface area contributed by atoms with Gasteiger partial charge in [-0.1, -0.05) is 19.3 Å². The Hall–Kier alpha value is -2.38. The van der Waals surface area contributed by atoms with Gasteiger partial charge in [-0.05, 0) is 38.8 Å². The molecule has 3 rings (SSSR count). The van der Waals surface area contributed by atoms with E-state index in [0.29, 0.717) is 17.7 Å². The number of nitrogens with zero attached hydrogens (tertiary/aromatic N) is 3. The Kier molecular flexibility index (Phi) is 5.82. The average molecular weight is 379 g/mol. The maximum atomic E-state index is 12.6. The molecule has 0 aliphatic heterocycles. The first kappa shape index (κ1) is 19.4. The number of hydrogen-bond donors (Lipinski definition) is 2. The minimum Gasteiger partial charge on any atom is -0.367 e. The first-order valence-corrected chi connectivity index (χ1v) is 9.20. The van der Waals surface area contributed by atoms with Gasteiger partial charge in [-0.3, -0.25) is 4.98 Å². The Labute approximate surface area is 156 Å². The van der Waals surface area contributed by atoms with Gasteiger partial charge in [-0.2, -0.15) is 18.2 Å². The van der Waals surface area contributed by atoms with Gasteiger partial charge in [-0.15, -0.1) is 0 Å². The second-order valence-electron chi connectivity index (χ2n) is 6.98. The van der Waals surface area contributed by atoms with Gasteiger partial charge in [-0.25, -0.2) is 4.98 Å². The van der Waals surface area contributed by atoms with Crippen LogP contribution in [0.3, 0.4) is 0 Å². The Balaban J connectivity index is 1.67. The van der Waals surface area contributed by atoms with E-state index >= 15 is 0 Å². The van der Waals surface area contributed by atoms with E-state index in [1.165, 1.54) is 25.3 Å². The van der Waals surface area contributed by atoms with Gasteiger partial charge in [0.2, 0.25) is 5.95 Å². The minimum atomic E-state index is -4.38. The first-order valence-electron chi connectivity index (χ1n) is 9.20. The monoisotopic (exact) mass is 379 g/mol. The van der Waals surface area contributed by atoms with Crippen molar-refractivity contribution in [3.8, 4) is 0 Å². The SMILES string of the molecule is Cc1nc(NCc2ccc(C(F)(F)F)cn2)nc(NC2CCCCC2)c1C. The molecule has 1 fully saturated rings. The molecule has 0 bridgehead atoms. The lowest BCUT2D eigenvalue weighted by molar-refractivity contribution is -0.137. The molecule has 0 saturated heterocycles. The van der Waals surface area contributed by atoms with Gasteiger partial charge in [0.1, 0.15) is 5.82 Å². The Morgan fingerprint density at radius 1 is 1.07 bits per heavy atom. The van der Waals surface area contributed by atoms with Crippen molar-refractivity contribution in [1.82, 2.24) is 15.0 Å². The Bertz CT molecular complexity index is 768. The fourth-order valence-corrected chi connectivity index (χ4v) is 3.16. The molecule has 1 saturated carbocycles. The molecule has 1 aliphatic rings. The maximum Gasteiger partial charge on any atom is 0.417 e. The van der Waals surface area contributed by atoms with Crippen molar-refractivity contribution >= 4 is 11.8 Å². The summed E-state index contributed by atoms with van der Waals surface area (Å²) in [6, 6.07) is 2.82. The fraction of sp³-hybridized carbons (Fsp3) is 0.526. The zero-order valence-electron chi connectivity index (χ0n) is 15.5. The molecule has 146 valence electrons. The molecule has 0 spiro atoms. The molecule has 0 unspecified atom stereocenters.